The van der Waals surface area contributed by atoms with Crippen molar-refractivity contribution in [3.63, 3.8) is 0 Å². The van der Waals surface area contributed by atoms with E-state index in [1.807, 2.05) is 7.05 Å². The standard InChI is InChI=1S/C10H18NO3.3V/c1-7-4-9-10(8(2)14-7)13-6-12-5-11(9)3;;;/h5,7-10H,4,6H2,1-3H3;;;/q-1;;;. The predicted molar refractivity (Wildman–Crippen MR) is 51.3 cm³/mol. The van der Waals surface area contributed by atoms with Crippen molar-refractivity contribution < 1.29 is 69.9 Å². The maximum Gasteiger partial charge on any atom is 0.118 e. The Morgan fingerprint density at radius 3 is 2.47 bits per heavy atom. The predicted octanol–water partition coefficient (Wildman–Crippen LogP) is 0.969. The molecule has 17 heavy (non-hydrogen) atoms. The first-order valence-corrected chi connectivity index (χ1v) is 5.12. The van der Waals surface area contributed by atoms with Gasteiger partial charge in [0.2, 0.25) is 0 Å². The summed E-state index contributed by atoms with van der Waals surface area (Å²) in [6, 6.07) is 0.372. The van der Waals surface area contributed by atoms with Gasteiger partial charge in [-0.2, -0.15) is 0 Å². The smallest absolute Gasteiger partial charge is 0.118 e. The third kappa shape index (κ3) is 5.23. The van der Waals surface area contributed by atoms with Crippen molar-refractivity contribution in [1.29, 1.82) is 0 Å². The Morgan fingerprint density at radius 2 is 1.82 bits per heavy atom. The van der Waals surface area contributed by atoms with Crippen LogP contribution in [0.15, 0.2) is 0 Å². The monoisotopic (exact) mass is 353 g/mol. The van der Waals surface area contributed by atoms with Gasteiger partial charge >= 0.3 is 0 Å². The van der Waals surface area contributed by atoms with Crippen molar-refractivity contribution in [1.82, 2.24) is 4.90 Å². The van der Waals surface area contributed by atoms with Crippen LogP contribution in [-0.2, 0) is 69.9 Å². The molecule has 4 nitrogen and oxygen atoms in total. The van der Waals surface area contributed by atoms with Crippen molar-refractivity contribution in [3.05, 3.63) is 6.73 Å². The van der Waals surface area contributed by atoms with Gasteiger partial charge in [-0.05, 0) is 27.3 Å². The summed E-state index contributed by atoms with van der Waals surface area (Å²) < 4.78 is 16.6. The molecule has 0 saturated carbocycles. The summed E-state index contributed by atoms with van der Waals surface area (Å²) in [7, 11) is 2.02. The van der Waals surface area contributed by atoms with Gasteiger partial charge in [-0.1, -0.05) is 0 Å². The molecule has 7 heteroatoms. The summed E-state index contributed by atoms with van der Waals surface area (Å²) in [5, 5.41) is 0. The molecule has 3 radical (unpaired) electrons. The van der Waals surface area contributed by atoms with Gasteiger partial charge in [0.15, 0.2) is 0 Å². The minimum atomic E-state index is 0. The van der Waals surface area contributed by atoms with Gasteiger partial charge < -0.3 is 19.1 Å². The molecule has 0 aromatic rings. The molecule has 2 rings (SSSR count). The maximum absolute atomic E-state index is 5.74. The molecule has 0 amide bonds. The zero-order chi connectivity index (χ0) is 10.1. The second-order valence-corrected chi connectivity index (χ2v) is 4.14. The zero-order valence-electron chi connectivity index (χ0n) is 10.3. The van der Waals surface area contributed by atoms with Crippen LogP contribution >= 0.6 is 0 Å². The molecule has 2 aliphatic heterocycles. The Balaban J connectivity index is 0. The molecule has 0 bridgehead atoms. The molecule has 97 valence electrons. The van der Waals surface area contributed by atoms with Crippen LogP contribution in [0.2, 0.25) is 0 Å². The molecular weight excluding hydrogens is 335 g/mol. The average Bonchev–Trinajstić information content (AvgIpc) is 2.29. The van der Waals surface area contributed by atoms with E-state index in [9.17, 15) is 0 Å². The molecule has 2 aliphatic rings. The number of rotatable bonds is 0. The van der Waals surface area contributed by atoms with Crippen LogP contribution < -0.4 is 0 Å². The fraction of sp³-hybridized carbons (Fsp3) is 0.900. The van der Waals surface area contributed by atoms with E-state index in [4.69, 9.17) is 14.2 Å². The molecule has 0 aromatic carbocycles. The number of hydrogen-bond donors (Lipinski definition) is 0. The second kappa shape index (κ2) is 9.49. The minimum absolute atomic E-state index is 0. The van der Waals surface area contributed by atoms with E-state index < -0.39 is 0 Å². The fourth-order valence-corrected chi connectivity index (χ4v) is 2.28. The van der Waals surface area contributed by atoms with Gasteiger partial charge in [0.05, 0.1) is 18.3 Å². The number of hydrogen-bond acceptors (Lipinski definition) is 4. The van der Waals surface area contributed by atoms with Crippen molar-refractivity contribution >= 4 is 0 Å². The summed E-state index contributed by atoms with van der Waals surface area (Å²) in [5.41, 5.74) is 0. The van der Waals surface area contributed by atoms with Crippen LogP contribution in [0.1, 0.15) is 20.3 Å². The normalized spacial score (nSPS) is 37.6. The van der Waals surface area contributed by atoms with Gasteiger partial charge in [0.25, 0.3) is 0 Å². The molecular formula is C10H18NO3V3-. The molecule has 2 heterocycles. The Morgan fingerprint density at radius 1 is 1.18 bits per heavy atom. The van der Waals surface area contributed by atoms with Crippen LogP contribution in [0.4, 0.5) is 0 Å². The van der Waals surface area contributed by atoms with Crippen LogP contribution in [0.3, 0.4) is 0 Å². The van der Waals surface area contributed by atoms with Crippen LogP contribution in [0.25, 0.3) is 0 Å². The van der Waals surface area contributed by atoms with E-state index in [1.165, 1.54) is 0 Å². The van der Waals surface area contributed by atoms with E-state index in [2.05, 4.69) is 18.7 Å². The SMILES string of the molecule is CC1CC2C(OCO[CH-]N2C)C(C)O1.[V].[V].[V]. The molecule has 0 aromatic heterocycles. The van der Waals surface area contributed by atoms with Crippen molar-refractivity contribution in [2.75, 3.05) is 13.8 Å². The summed E-state index contributed by atoms with van der Waals surface area (Å²) in [5.74, 6) is 0. The van der Waals surface area contributed by atoms with Crippen LogP contribution in [0, 0.1) is 6.73 Å². The Labute approximate surface area is 139 Å². The first kappa shape index (κ1) is 20.9. The quantitative estimate of drug-likeness (QED) is 0.608. The van der Waals surface area contributed by atoms with E-state index in [0.29, 0.717) is 18.9 Å². The van der Waals surface area contributed by atoms with E-state index in [-0.39, 0.29) is 67.9 Å². The minimum Gasteiger partial charge on any atom is -0.517 e. The Hall–Kier alpha value is 1.59. The molecule has 4 atom stereocenters. The van der Waals surface area contributed by atoms with E-state index in [0.717, 1.165) is 6.42 Å². The summed E-state index contributed by atoms with van der Waals surface area (Å²) in [6.45, 7) is 6.24. The zero-order valence-corrected chi connectivity index (χ0v) is 14.5. The third-order valence-electron chi connectivity index (χ3n) is 2.95. The number of nitrogens with zero attached hydrogens (tertiary/aromatic N) is 1. The molecule has 2 fully saturated rings. The molecule has 2 saturated heterocycles. The first-order valence-electron chi connectivity index (χ1n) is 5.12. The maximum atomic E-state index is 5.74. The summed E-state index contributed by atoms with van der Waals surface area (Å²) in [6.07, 6.45) is 1.55. The molecule has 0 aliphatic carbocycles. The largest absolute Gasteiger partial charge is 0.517 e. The Bertz CT molecular complexity index is 211. The van der Waals surface area contributed by atoms with Gasteiger partial charge in [0.1, 0.15) is 6.79 Å². The van der Waals surface area contributed by atoms with E-state index >= 15 is 0 Å². The molecule has 0 spiro atoms. The number of fused-ring (bicyclic) bond motifs is 1. The summed E-state index contributed by atoms with van der Waals surface area (Å²) in [4.78, 5) is 2.09. The van der Waals surface area contributed by atoms with Gasteiger partial charge in [-0.15, -0.1) is 6.73 Å². The molecule has 4 unspecified atom stereocenters. The fourth-order valence-electron chi connectivity index (χ4n) is 2.28. The van der Waals surface area contributed by atoms with Crippen molar-refractivity contribution in [2.45, 2.75) is 44.6 Å². The van der Waals surface area contributed by atoms with Crippen molar-refractivity contribution in [2.24, 2.45) is 0 Å². The van der Waals surface area contributed by atoms with Gasteiger partial charge in [0, 0.05) is 61.7 Å². The topological polar surface area (TPSA) is 30.9 Å². The van der Waals surface area contributed by atoms with Gasteiger partial charge in [-0.3, -0.25) is 0 Å². The average molecular weight is 353 g/mol. The second-order valence-electron chi connectivity index (χ2n) is 4.14. The third-order valence-corrected chi connectivity index (χ3v) is 2.95. The number of likely N-dealkylation sites (N-methyl/N-ethyl adjacent to an activating group) is 1. The van der Waals surface area contributed by atoms with Gasteiger partial charge in [-0.25, -0.2) is 0 Å². The Kier molecular flexibility index (Phi) is 11.7. The van der Waals surface area contributed by atoms with E-state index in [1.54, 1.807) is 6.73 Å². The summed E-state index contributed by atoms with van der Waals surface area (Å²) >= 11 is 0. The first-order chi connectivity index (χ1) is 6.68. The van der Waals surface area contributed by atoms with Crippen LogP contribution in [0.5, 0.6) is 0 Å². The van der Waals surface area contributed by atoms with Crippen LogP contribution in [-0.4, -0.2) is 43.1 Å². The van der Waals surface area contributed by atoms with Crippen molar-refractivity contribution in [3.8, 4) is 0 Å². The number of ether oxygens (including phenoxy) is 3. The molecule has 0 N–H and O–H groups in total.